The van der Waals surface area contributed by atoms with Crippen molar-refractivity contribution in [3.63, 3.8) is 0 Å². The summed E-state index contributed by atoms with van der Waals surface area (Å²) in [5.41, 5.74) is 1.16. The molecule has 4 heteroatoms. The van der Waals surface area contributed by atoms with E-state index in [4.69, 9.17) is 9.84 Å². The van der Waals surface area contributed by atoms with E-state index in [0.717, 1.165) is 17.7 Å². The standard InChI is InChI=1S/C14H19NO3/c1-15(6-7-16)14(17)13-9-12(13)10-4-3-5-11(8-10)18-2/h3-5,8,12-13,16H,6-7,9H2,1-2H3. The van der Waals surface area contributed by atoms with E-state index in [-0.39, 0.29) is 18.4 Å². The molecule has 1 fully saturated rings. The summed E-state index contributed by atoms with van der Waals surface area (Å²) in [6.07, 6.45) is 0.891. The van der Waals surface area contributed by atoms with Crippen molar-refractivity contribution in [3.05, 3.63) is 29.8 Å². The molecule has 2 rings (SSSR count). The molecule has 2 unspecified atom stereocenters. The highest BCUT2D eigenvalue weighted by atomic mass is 16.5. The Hall–Kier alpha value is -1.55. The van der Waals surface area contributed by atoms with Gasteiger partial charge in [0.05, 0.1) is 13.7 Å². The SMILES string of the molecule is COc1cccc(C2CC2C(=O)N(C)CCO)c1. The summed E-state index contributed by atoms with van der Waals surface area (Å²) in [6, 6.07) is 7.88. The number of carbonyl (C=O) groups excluding carboxylic acids is 1. The topological polar surface area (TPSA) is 49.8 Å². The van der Waals surface area contributed by atoms with Crippen molar-refractivity contribution in [1.82, 2.24) is 4.90 Å². The van der Waals surface area contributed by atoms with E-state index in [1.807, 2.05) is 24.3 Å². The lowest BCUT2D eigenvalue weighted by Crippen LogP contribution is -2.31. The fourth-order valence-electron chi connectivity index (χ4n) is 2.25. The van der Waals surface area contributed by atoms with E-state index < -0.39 is 0 Å². The van der Waals surface area contributed by atoms with Gasteiger partial charge in [0, 0.05) is 19.5 Å². The molecule has 1 aliphatic rings. The van der Waals surface area contributed by atoms with Crippen molar-refractivity contribution in [2.75, 3.05) is 27.3 Å². The number of carbonyl (C=O) groups is 1. The van der Waals surface area contributed by atoms with Crippen LogP contribution in [0.1, 0.15) is 17.9 Å². The van der Waals surface area contributed by atoms with E-state index >= 15 is 0 Å². The number of hydrogen-bond donors (Lipinski definition) is 1. The number of amides is 1. The largest absolute Gasteiger partial charge is 0.497 e. The average molecular weight is 249 g/mol. The number of benzene rings is 1. The highest BCUT2D eigenvalue weighted by molar-refractivity contribution is 5.82. The Kier molecular flexibility index (Phi) is 3.87. The van der Waals surface area contributed by atoms with Crippen molar-refractivity contribution in [2.24, 2.45) is 5.92 Å². The van der Waals surface area contributed by atoms with Crippen LogP contribution in [0.15, 0.2) is 24.3 Å². The zero-order valence-corrected chi connectivity index (χ0v) is 10.8. The van der Waals surface area contributed by atoms with Gasteiger partial charge >= 0.3 is 0 Å². The maximum Gasteiger partial charge on any atom is 0.226 e. The molecule has 2 atom stereocenters. The molecule has 1 aromatic rings. The smallest absolute Gasteiger partial charge is 0.226 e. The van der Waals surface area contributed by atoms with E-state index in [2.05, 4.69) is 0 Å². The molecule has 1 saturated carbocycles. The van der Waals surface area contributed by atoms with Gasteiger partial charge in [-0.3, -0.25) is 4.79 Å². The maximum absolute atomic E-state index is 12.0. The first-order valence-corrected chi connectivity index (χ1v) is 6.17. The van der Waals surface area contributed by atoms with Crippen molar-refractivity contribution >= 4 is 5.91 Å². The normalized spacial score (nSPS) is 21.5. The molecule has 1 aliphatic carbocycles. The van der Waals surface area contributed by atoms with Crippen molar-refractivity contribution in [3.8, 4) is 5.75 Å². The summed E-state index contributed by atoms with van der Waals surface area (Å²) in [4.78, 5) is 13.6. The summed E-state index contributed by atoms with van der Waals surface area (Å²) in [5, 5.41) is 8.83. The van der Waals surface area contributed by atoms with Gasteiger partial charge in [-0.05, 0) is 30.0 Å². The Morgan fingerprint density at radius 1 is 1.56 bits per heavy atom. The fraction of sp³-hybridized carbons (Fsp3) is 0.500. The second kappa shape index (κ2) is 5.40. The van der Waals surface area contributed by atoms with Crippen LogP contribution in [0, 0.1) is 5.92 Å². The van der Waals surface area contributed by atoms with Crippen LogP contribution in [0.3, 0.4) is 0 Å². The van der Waals surface area contributed by atoms with Crippen LogP contribution in [0.5, 0.6) is 5.75 Å². The van der Waals surface area contributed by atoms with Gasteiger partial charge in [-0.1, -0.05) is 12.1 Å². The minimum atomic E-state index is 0.0127. The molecule has 98 valence electrons. The molecule has 0 heterocycles. The molecule has 0 spiro atoms. The quantitative estimate of drug-likeness (QED) is 0.854. The van der Waals surface area contributed by atoms with E-state index in [9.17, 15) is 4.79 Å². The molecule has 18 heavy (non-hydrogen) atoms. The molecule has 4 nitrogen and oxygen atoms in total. The number of methoxy groups -OCH3 is 1. The van der Waals surface area contributed by atoms with Crippen LogP contribution in [-0.2, 0) is 4.79 Å². The minimum absolute atomic E-state index is 0.0127. The summed E-state index contributed by atoms with van der Waals surface area (Å²) in [6.45, 7) is 0.416. The first kappa shape index (κ1) is 12.9. The number of aliphatic hydroxyl groups excluding tert-OH is 1. The van der Waals surface area contributed by atoms with Gasteiger partial charge in [-0.2, -0.15) is 0 Å². The van der Waals surface area contributed by atoms with Gasteiger partial charge < -0.3 is 14.7 Å². The Morgan fingerprint density at radius 3 is 3.00 bits per heavy atom. The Labute approximate surface area is 107 Å². The molecule has 0 radical (unpaired) electrons. The molecule has 1 amide bonds. The Balaban J connectivity index is 2.00. The average Bonchev–Trinajstić information content (AvgIpc) is 3.18. The first-order valence-electron chi connectivity index (χ1n) is 6.17. The van der Waals surface area contributed by atoms with Crippen LogP contribution >= 0.6 is 0 Å². The third-order valence-electron chi connectivity index (χ3n) is 3.44. The summed E-state index contributed by atoms with van der Waals surface area (Å²) < 4.78 is 5.19. The monoisotopic (exact) mass is 249 g/mol. The number of likely N-dealkylation sites (N-methyl/N-ethyl adjacent to an activating group) is 1. The summed E-state index contributed by atoms with van der Waals surface area (Å²) in [7, 11) is 3.38. The van der Waals surface area contributed by atoms with Crippen LogP contribution in [0.4, 0.5) is 0 Å². The number of ether oxygens (including phenoxy) is 1. The minimum Gasteiger partial charge on any atom is -0.497 e. The molecule has 1 aromatic carbocycles. The molecular formula is C14H19NO3. The van der Waals surface area contributed by atoms with Gasteiger partial charge in [0.25, 0.3) is 0 Å². The van der Waals surface area contributed by atoms with Gasteiger partial charge in [-0.25, -0.2) is 0 Å². The van der Waals surface area contributed by atoms with Crippen LogP contribution in [0.25, 0.3) is 0 Å². The molecule has 0 aromatic heterocycles. The van der Waals surface area contributed by atoms with E-state index in [0.29, 0.717) is 12.5 Å². The molecule has 0 bridgehead atoms. The number of nitrogens with zero attached hydrogens (tertiary/aromatic N) is 1. The molecular weight excluding hydrogens is 230 g/mol. The molecule has 1 N–H and O–H groups in total. The number of rotatable bonds is 5. The van der Waals surface area contributed by atoms with Crippen molar-refractivity contribution < 1.29 is 14.6 Å². The van der Waals surface area contributed by atoms with Crippen molar-refractivity contribution in [1.29, 1.82) is 0 Å². The van der Waals surface area contributed by atoms with Gasteiger partial charge in [0.2, 0.25) is 5.91 Å². The van der Waals surface area contributed by atoms with Crippen molar-refractivity contribution in [2.45, 2.75) is 12.3 Å². The van der Waals surface area contributed by atoms with Crippen LogP contribution in [-0.4, -0.2) is 43.2 Å². The number of hydrogen-bond acceptors (Lipinski definition) is 3. The lowest BCUT2D eigenvalue weighted by Gasteiger charge is -2.15. The van der Waals surface area contributed by atoms with E-state index in [1.54, 1.807) is 19.1 Å². The second-order valence-corrected chi connectivity index (χ2v) is 4.71. The van der Waals surface area contributed by atoms with Gasteiger partial charge in [-0.15, -0.1) is 0 Å². The zero-order valence-electron chi connectivity index (χ0n) is 10.8. The Bertz CT molecular complexity index is 433. The highest BCUT2D eigenvalue weighted by Gasteiger charge is 2.45. The highest BCUT2D eigenvalue weighted by Crippen LogP contribution is 2.48. The van der Waals surface area contributed by atoms with E-state index in [1.165, 1.54) is 0 Å². The lowest BCUT2D eigenvalue weighted by molar-refractivity contribution is -0.131. The lowest BCUT2D eigenvalue weighted by atomic mass is 10.1. The third kappa shape index (κ3) is 2.64. The maximum atomic E-state index is 12.0. The van der Waals surface area contributed by atoms with Crippen LogP contribution < -0.4 is 4.74 Å². The third-order valence-corrected chi connectivity index (χ3v) is 3.44. The zero-order chi connectivity index (χ0) is 13.1. The summed E-state index contributed by atoms with van der Waals surface area (Å²) in [5.74, 6) is 1.31. The van der Waals surface area contributed by atoms with Gasteiger partial charge in [0.1, 0.15) is 5.75 Å². The first-order chi connectivity index (χ1) is 8.67. The van der Waals surface area contributed by atoms with Gasteiger partial charge in [0.15, 0.2) is 0 Å². The summed E-state index contributed by atoms with van der Waals surface area (Å²) >= 11 is 0. The fourth-order valence-corrected chi connectivity index (χ4v) is 2.25. The predicted octanol–water partition coefficient (Wildman–Crippen LogP) is 1.25. The predicted molar refractivity (Wildman–Crippen MR) is 68.6 cm³/mol. The Morgan fingerprint density at radius 2 is 2.33 bits per heavy atom. The number of aliphatic hydroxyl groups is 1. The molecule has 0 aliphatic heterocycles. The second-order valence-electron chi connectivity index (χ2n) is 4.71. The molecule has 0 saturated heterocycles. The van der Waals surface area contributed by atoms with Crippen LogP contribution in [0.2, 0.25) is 0 Å².